The van der Waals surface area contributed by atoms with E-state index in [-0.39, 0.29) is 4.90 Å². The molecule has 0 fully saturated rings. The molecule has 1 aromatic carbocycles. The molecule has 2 heterocycles. The number of nitrogens with zero attached hydrogens (tertiary/aromatic N) is 4. The smallest absolute Gasteiger partial charge is 0.265 e. The molecule has 0 aliphatic heterocycles. The highest BCUT2D eigenvalue weighted by molar-refractivity contribution is 9.10. The Morgan fingerprint density at radius 1 is 1.28 bits per heavy atom. The third kappa shape index (κ3) is 3.77. The fourth-order valence-corrected chi connectivity index (χ4v) is 4.51. The first-order valence-corrected chi connectivity index (χ1v) is 9.84. The van der Waals surface area contributed by atoms with Gasteiger partial charge < -0.3 is 0 Å². The van der Waals surface area contributed by atoms with Crippen molar-refractivity contribution in [1.29, 1.82) is 0 Å². The molecule has 1 N–H and O–H groups in total. The molecule has 132 valence electrons. The SMILES string of the molecule is Cc1nn(C)c(C)c1S(=O)(=O)Nc1cccc(Cn2cc(Br)cn2)c1. The van der Waals surface area contributed by atoms with Gasteiger partial charge in [0.25, 0.3) is 10.0 Å². The summed E-state index contributed by atoms with van der Waals surface area (Å²) < 4.78 is 32.4. The monoisotopic (exact) mass is 423 g/mol. The molecule has 0 amide bonds. The lowest BCUT2D eigenvalue weighted by atomic mass is 10.2. The number of hydrogen-bond donors (Lipinski definition) is 1. The number of aryl methyl sites for hydroxylation is 2. The highest BCUT2D eigenvalue weighted by Gasteiger charge is 2.23. The van der Waals surface area contributed by atoms with Gasteiger partial charge in [-0.1, -0.05) is 12.1 Å². The van der Waals surface area contributed by atoms with Crippen LogP contribution in [0.2, 0.25) is 0 Å². The lowest BCUT2D eigenvalue weighted by Crippen LogP contribution is -2.15. The fourth-order valence-electron chi connectivity index (χ4n) is 2.69. The van der Waals surface area contributed by atoms with E-state index in [9.17, 15) is 8.42 Å². The van der Waals surface area contributed by atoms with Crippen molar-refractivity contribution in [3.8, 4) is 0 Å². The predicted molar refractivity (Wildman–Crippen MR) is 99.0 cm³/mol. The largest absolute Gasteiger partial charge is 0.280 e. The van der Waals surface area contributed by atoms with Gasteiger partial charge in [-0.2, -0.15) is 10.2 Å². The van der Waals surface area contributed by atoms with E-state index in [4.69, 9.17) is 0 Å². The Bertz CT molecular complexity index is 1020. The Kier molecular flexibility index (Phi) is 4.70. The molecule has 0 saturated carbocycles. The number of rotatable bonds is 5. The highest BCUT2D eigenvalue weighted by atomic mass is 79.9. The van der Waals surface area contributed by atoms with Crippen molar-refractivity contribution in [2.45, 2.75) is 25.3 Å². The lowest BCUT2D eigenvalue weighted by molar-refractivity contribution is 0.599. The summed E-state index contributed by atoms with van der Waals surface area (Å²) in [5.41, 5.74) is 2.52. The van der Waals surface area contributed by atoms with E-state index in [0.717, 1.165) is 10.0 Å². The minimum absolute atomic E-state index is 0.219. The van der Waals surface area contributed by atoms with Crippen LogP contribution in [0.5, 0.6) is 0 Å². The Morgan fingerprint density at radius 3 is 2.64 bits per heavy atom. The molecule has 0 aliphatic carbocycles. The van der Waals surface area contributed by atoms with Gasteiger partial charge in [-0.15, -0.1) is 0 Å². The van der Waals surface area contributed by atoms with Crippen LogP contribution < -0.4 is 4.72 Å². The number of aromatic nitrogens is 4. The molecule has 0 atom stereocenters. The average molecular weight is 424 g/mol. The van der Waals surface area contributed by atoms with Crippen LogP contribution in [0.3, 0.4) is 0 Å². The number of hydrogen-bond acceptors (Lipinski definition) is 4. The van der Waals surface area contributed by atoms with Crippen molar-refractivity contribution < 1.29 is 8.42 Å². The summed E-state index contributed by atoms with van der Waals surface area (Å²) in [6, 6.07) is 7.26. The zero-order valence-corrected chi connectivity index (χ0v) is 16.5. The second-order valence-corrected chi connectivity index (χ2v) is 8.32. The second kappa shape index (κ2) is 6.64. The number of benzene rings is 1. The topological polar surface area (TPSA) is 81.8 Å². The van der Waals surface area contributed by atoms with E-state index < -0.39 is 10.0 Å². The fraction of sp³-hybridized carbons (Fsp3) is 0.250. The molecular weight excluding hydrogens is 406 g/mol. The molecule has 3 aromatic rings. The maximum absolute atomic E-state index is 12.7. The van der Waals surface area contributed by atoms with Gasteiger partial charge in [-0.05, 0) is 47.5 Å². The Morgan fingerprint density at radius 2 is 2.04 bits per heavy atom. The van der Waals surface area contributed by atoms with Crippen LogP contribution in [0.15, 0.2) is 46.0 Å². The van der Waals surface area contributed by atoms with Crippen molar-refractivity contribution >= 4 is 31.6 Å². The number of halogens is 1. The van der Waals surface area contributed by atoms with E-state index in [1.165, 1.54) is 0 Å². The zero-order chi connectivity index (χ0) is 18.2. The van der Waals surface area contributed by atoms with Gasteiger partial charge in [0.05, 0.1) is 28.6 Å². The van der Waals surface area contributed by atoms with E-state index in [1.807, 2.05) is 18.3 Å². The van der Waals surface area contributed by atoms with Gasteiger partial charge >= 0.3 is 0 Å². The van der Waals surface area contributed by atoms with Crippen LogP contribution in [-0.4, -0.2) is 28.0 Å². The summed E-state index contributed by atoms with van der Waals surface area (Å²) in [5.74, 6) is 0. The predicted octanol–water partition coefficient (Wildman–Crippen LogP) is 2.85. The Labute approximate surface area is 154 Å². The normalized spacial score (nSPS) is 11.7. The van der Waals surface area contributed by atoms with Crippen LogP contribution in [-0.2, 0) is 23.6 Å². The van der Waals surface area contributed by atoms with E-state index in [2.05, 4.69) is 30.8 Å². The van der Waals surface area contributed by atoms with Gasteiger partial charge in [0, 0.05) is 18.9 Å². The third-order valence-corrected chi connectivity index (χ3v) is 5.88. The summed E-state index contributed by atoms with van der Waals surface area (Å²) in [7, 11) is -1.98. The zero-order valence-electron chi connectivity index (χ0n) is 14.1. The second-order valence-electron chi connectivity index (χ2n) is 5.79. The summed E-state index contributed by atoms with van der Waals surface area (Å²) in [6.07, 6.45) is 3.57. The highest BCUT2D eigenvalue weighted by Crippen LogP contribution is 2.23. The van der Waals surface area contributed by atoms with Crippen LogP contribution in [0, 0.1) is 13.8 Å². The van der Waals surface area contributed by atoms with Gasteiger partial charge in [0.15, 0.2) is 0 Å². The molecular formula is C16H18BrN5O2S. The first-order valence-electron chi connectivity index (χ1n) is 7.56. The standard InChI is InChI=1S/C16H18BrN5O2S/c1-11-16(12(2)21(3)19-11)25(23,24)20-15-6-4-5-13(7-15)9-22-10-14(17)8-18-22/h4-8,10,20H,9H2,1-3H3. The van der Waals surface area contributed by atoms with Crippen molar-refractivity contribution in [3.05, 3.63) is 58.1 Å². The first kappa shape index (κ1) is 17.7. The van der Waals surface area contributed by atoms with Crippen molar-refractivity contribution in [2.24, 2.45) is 7.05 Å². The van der Waals surface area contributed by atoms with Crippen molar-refractivity contribution in [3.63, 3.8) is 0 Å². The molecule has 0 saturated heterocycles. The van der Waals surface area contributed by atoms with Crippen molar-refractivity contribution in [1.82, 2.24) is 19.6 Å². The summed E-state index contributed by atoms with van der Waals surface area (Å²) in [4.78, 5) is 0.219. The molecule has 0 aliphatic rings. The molecule has 0 bridgehead atoms. The number of nitrogens with one attached hydrogen (secondary N) is 1. The Balaban J connectivity index is 1.86. The summed E-state index contributed by atoms with van der Waals surface area (Å²) in [5, 5.41) is 8.38. The average Bonchev–Trinajstić information content (AvgIpc) is 3.02. The van der Waals surface area contributed by atoms with Gasteiger partial charge in [-0.25, -0.2) is 8.42 Å². The molecule has 0 unspecified atom stereocenters. The minimum Gasteiger partial charge on any atom is -0.280 e. The first-order chi connectivity index (χ1) is 11.8. The number of anilines is 1. The van der Waals surface area contributed by atoms with Crippen LogP contribution in [0.25, 0.3) is 0 Å². The van der Waals surface area contributed by atoms with Crippen molar-refractivity contribution in [2.75, 3.05) is 4.72 Å². The Hall–Kier alpha value is -2.13. The molecule has 0 spiro atoms. The van der Waals surface area contributed by atoms with Crippen LogP contribution in [0.4, 0.5) is 5.69 Å². The molecule has 0 radical (unpaired) electrons. The van der Waals surface area contributed by atoms with Gasteiger partial charge in [0.2, 0.25) is 0 Å². The maximum atomic E-state index is 12.7. The molecule has 25 heavy (non-hydrogen) atoms. The quantitative estimate of drug-likeness (QED) is 0.683. The summed E-state index contributed by atoms with van der Waals surface area (Å²) >= 11 is 3.36. The third-order valence-electron chi connectivity index (χ3n) is 3.84. The lowest BCUT2D eigenvalue weighted by Gasteiger charge is -2.10. The molecule has 7 nitrogen and oxygen atoms in total. The molecule has 9 heteroatoms. The van der Waals surface area contributed by atoms with E-state index in [0.29, 0.717) is 23.6 Å². The van der Waals surface area contributed by atoms with E-state index in [1.54, 1.807) is 48.6 Å². The maximum Gasteiger partial charge on any atom is 0.265 e. The summed E-state index contributed by atoms with van der Waals surface area (Å²) in [6.45, 7) is 3.97. The van der Waals surface area contributed by atoms with Gasteiger partial charge in [-0.3, -0.25) is 14.1 Å². The van der Waals surface area contributed by atoms with E-state index >= 15 is 0 Å². The van der Waals surface area contributed by atoms with Crippen LogP contribution in [0.1, 0.15) is 17.0 Å². The van der Waals surface area contributed by atoms with Crippen LogP contribution >= 0.6 is 15.9 Å². The minimum atomic E-state index is -3.70. The number of sulfonamides is 1. The molecule has 3 rings (SSSR count). The molecule has 2 aromatic heterocycles. The van der Waals surface area contributed by atoms with Gasteiger partial charge in [0.1, 0.15) is 4.90 Å².